The predicted octanol–water partition coefficient (Wildman–Crippen LogP) is 1.55. The molecule has 0 atom stereocenters. The molecule has 1 aromatic rings. The summed E-state index contributed by atoms with van der Waals surface area (Å²) in [6.07, 6.45) is 0.846. The molecule has 14 heavy (non-hydrogen) atoms. The summed E-state index contributed by atoms with van der Waals surface area (Å²) in [7, 11) is 1.79. The van der Waals surface area contributed by atoms with E-state index >= 15 is 0 Å². The Balaban J connectivity index is 2.56. The van der Waals surface area contributed by atoms with Gasteiger partial charge in [-0.15, -0.1) is 0 Å². The summed E-state index contributed by atoms with van der Waals surface area (Å²) < 4.78 is 0. The number of nitrogens with two attached hydrogens (primary N) is 1. The zero-order chi connectivity index (χ0) is 10.3. The lowest BCUT2D eigenvalue weighted by atomic mass is 9.99. The van der Waals surface area contributed by atoms with Crippen LogP contribution in [-0.2, 0) is 6.42 Å². The van der Waals surface area contributed by atoms with Gasteiger partial charge in [-0.1, -0.05) is 11.6 Å². The smallest absolute Gasteiger partial charge is 0.253 e. The minimum absolute atomic E-state index is 0.0214. The Labute approximate surface area is 87.4 Å². The van der Waals surface area contributed by atoms with Gasteiger partial charge in [0.15, 0.2) is 0 Å². The van der Waals surface area contributed by atoms with Crippen molar-refractivity contribution >= 4 is 23.2 Å². The van der Waals surface area contributed by atoms with Gasteiger partial charge in [0.25, 0.3) is 5.91 Å². The van der Waals surface area contributed by atoms with E-state index in [1.807, 2.05) is 0 Å². The number of rotatable bonds is 0. The van der Waals surface area contributed by atoms with E-state index in [0.717, 1.165) is 18.5 Å². The number of halogens is 1. The summed E-state index contributed by atoms with van der Waals surface area (Å²) in [5.74, 6) is 0.0214. The summed E-state index contributed by atoms with van der Waals surface area (Å²) in [6.45, 7) is 0.743. The Hall–Kier alpha value is -1.22. The third-order valence-electron chi connectivity index (χ3n) is 2.52. The van der Waals surface area contributed by atoms with Gasteiger partial charge in [-0.25, -0.2) is 0 Å². The van der Waals surface area contributed by atoms with Crippen molar-refractivity contribution in [2.75, 3.05) is 19.3 Å². The van der Waals surface area contributed by atoms with Crippen LogP contribution in [0.3, 0.4) is 0 Å². The van der Waals surface area contributed by atoms with E-state index in [-0.39, 0.29) is 5.91 Å². The molecule has 1 aliphatic heterocycles. The van der Waals surface area contributed by atoms with E-state index in [1.165, 1.54) is 0 Å². The van der Waals surface area contributed by atoms with Crippen molar-refractivity contribution in [2.45, 2.75) is 6.42 Å². The number of carbonyl (C=O) groups is 1. The third-order valence-corrected chi connectivity index (χ3v) is 2.84. The number of amides is 1. The fourth-order valence-electron chi connectivity index (χ4n) is 1.64. The molecule has 3 nitrogen and oxygen atoms in total. The van der Waals surface area contributed by atoms with Crippen LogP contribution in [-0.4, -0.2) is 24.4 Å². The lowest BCUT2D eigenvalue weighted by Crippen LogP contribution is -2.34. The molecule has 0 unspecified atom stereocenters. The summed E-state index contributed by atoms with van der Waals surface area (Å²) in [5, 5.41) is 0.451. The van der Waals surface area contributed by atoms with E-state index in [1.54, 1.807) is 24.1 Å². The standard InChI is InChI=1S/C10H11ClN2O/c1-13-3-2-6-4-9(12)8(11)5-7(6)10(13)14/h4-5H,2-3,12H2,1H3. The van der Waals surface area contributed by atoms with E-state index < -0.39 is 0 Å². The second-order valence-corrected chi connectivity index (χ2v) is 3.91. The highest BCUT2D eigenvalue weighted by Crippen LogP contribution is 2.27. The fourth-order valence-corrected chi connectivity index (χ4v) is 1.80. The number of fused-ring (bicyclic) bond motifs is 1. The highest BCUT2D eigenvalue weighted by molar-refractivity contribution is 6.33. The van der Waals surface area contributed by atoms with Crippen LogP contribution in [0.25, 0.3) is 0 Å². The summed E-state index contributed by atoms with van der Waals surface area (Å²) in [5.41, 5.74) is 7.89. The van der Waals surface area contributed by atoms with Crippen molar-refractivity contribution < 1.29 is 4.79 Å². The Morgan fingerprint density at radius 3 is 2.93 bits per heavy atom. The number of hydrogen-bond donors (Lipinski definition) is 1. The van der Waals surface area contributed by atoms with Crippen molar-refractivity contribution in [3.8, 4) is 0 Å². The van der Waals surface area contributed by atoms with Crippen LogP contribution in [0.15, 0.2) is 12.1 Å². The number of nitrogen functional groups attached to an aromatic ring is 1. The lowest BCUT2D eigenvalue weighted by molar-refractivity contribution is 0.0781. The zero-order valence-corrected chi connectivity index (χ0v) is 8.64. The predicted molar refractivity (Wildman–Crippen MR) is 56.5 cm³/mol. The zero-order valence-electron chi connectivity index (χ0n) is 7.88. The molecular weight excluding hydrogens is 200 g/mol. The monoisotopic (exact) mass is 210 g/mol. The van der Waals surface area contributed by atoms with Crippen LogP contribution in [0.5, 0.6) is 0 Å². The van der Waals surface area contributed by atoms with E-state index in [9.17, 15) is 4.79 Å². The molecule has 0 saturated heterocycles. The highest BCUT2D eigenvalue weighted by Gasteiger charge is 2.22. The number of benzene rings is 1. The van der Waals surface area contributed by atoms with Gasteiger partial charge in [0.1, 0.15) is 0 Å². The first-order chi connectivity index (χ1) is 6.59. The largest absolute Gasteiger partial charge is 0.398 e. The first-order valence-corrected chi connectivity index (χ1v) is 4.81. The quantitative estimate of drug-likeness (QED) is 0.661. The molecule has 1 aromatic carbocycles. The molecule has 0 bridgehead atoms. The average Bonchev–Trinajstić information content (AvgIpc) is 2.15. The SMILES string of the molecule is CN1CCc2cc(N)c(Cl)cc2C1=O. The highest BCUT2D eigenvalue weighted by atomic mass is 35.5. The molecular formula is C10H11ClN2O. The van der Waals surface area contributed by atoms with Crippen molar-refractivity contribution in [1.29, 1.82) is 0 Å². The molecule has 0 saturated carbocycles. The molecule has 4 heteroatoms. The maximum atomic E-state index is 11.7. The van der Waals surface area contributed by atoms with Gasteiger partial charge in [0, 0.05) is 19.2 Å². The molecule has 0 fully saturated rings. The Morgan fingerprint density at radius 2 is 2.21 bits per heavy atom. The molecule has 0 aromatic heterocycles. The van der Waals surface area contributed by atoms with Crippen LogP contribution in [0.1, 0.15) is 15.9 Å². The van der Waals surface area contributed by atoms with E-state index in [4.69, 9.17) is 17.3 Å². The fraction of sp³-hybridized carbons (Fsp3) is 0.300. The minimum Gasteiger partial charge on any atom is -0.398 e. The lowest BCUT2D eigenvalue weighted by Gasteiger charge is -2.25. The second kappa shape index (κ2) is 3.17. The van der Waals surface area contributed by atoms with Gasteiger partial charge < -0.3 is 10.6 Å². The number of likely N-dealkylation sites (N-methyl/N-ethyl adjacent to an activating group) is 1. The summed E-state index contributed by atoms with van der Waals surface area (Å²) in [4.78, 5) is 13.4. The molecule has 1 amide bonds. The third kappa shape index (κ3) is 1.34. The Kier molecular flexibility index (Phi) is 2.11. The van der Waals surface area contributed by atoms with Crippen LogP contribution < -0.4 is 5.73 Å². The Morgan fingerprint density at radius 1 is 1.50 bits per heavy atom. The maximum Gasteiger partial charge on any atom is 0.253 e. The molecule has 1 heterocycles. The molecule has 0 aliphatic carbocycles. The number of carbonyl (C=O) groups excluding carboxylic acids is 1. The minimum atomic E-state index is 0.0214. The molecule has 1 aliphatic rings. The maximum absolute atomic E-state index is 11.7. The van der Waals surface area contributed by atoms with Gasteiger partial charge in [-0.2, -0.15) is 0 Å². The topological polar surface area (TPSA) is 46.3 Å². The van der Waals surface area contributed by atoms with Crippen molar-refractivity contribution in [3.63, 3.8) is 0 Å². The first kappa shape index (κ1) is 9.34. The van der Waals surface area contributed by atoms with Crippen LogP contribution in [0.4, 0.5) is 5.69 Å². The van der Waals surface area contributed by atoms with Gasteiger partial charge in [-0.3, -0.25) is 4.79 Å². The van der Waals surface area contributed by atoms with Crippen molar-refractivity contribution in [3.05, 3.63) is 28.3 Å². The molecule has 2 rings (SSSR count). The summed E-state index contributed by atoms with van der Waals surface area (Å²) in [6, 6.07) is 3.45. The molecule has 0 spiro atoms. The van der Waals surface area contributed by atoms with Gasteiger partial charge in [0.2, 0.25) is 0 Å². The number of hydrogen-bond acceptors (Lipinski definition) is 2. The second-order valence-electron chi connectivity index (χ2n) is 3.51. The number of nitrogens with zero attached hydrogens (tertiary/aromatic N) is 1. The van der Waals surface area contributed by atoms with Gasteiger partial charge in [0.05, 0.1) is 10.7 Å². The number of anilines is 1. The van der Waals surface area contributed by atoms with E-state index in [0.29, 0.717) is 16.3 Å². The first-order valence-electron chi connectivity index (χ1n) is 4.43. The average molecular weight is 211 g/mol. The Bertz CT molecular complexity index is 403. The van der Waals surface area contributed by atoms with Crippen LogP contribution in [0, 0.1) is 0 Å². The molecule has 74 valence electrons. The van der Waals surface area contributed by atoms with E-state index in [2.05, 4.69) is 0 Å². The van der Waals surface area contributed by atoms with Crippen molar-refractivity contribution in [2.24, 2.45) is 0 Å². The molecule has 2 N–H and O–H groups in total. The normalized spacial score (nSPS) is 15.6. The molecule has 0 radical (unpaired) electrons. The summed E-state index contributed by atoms with van der Waals surface area (Å²) >= 11 is 5.86. The van der Waals surface area contributed by atoms with Gasteiger partial charge in [-0.05, 0) is 24.1 Å². The van der Waals surface area contributed by atoms with Crippen LogP contribution in [0.2, 0.25) is 5.02 Å². The van der Waals surface area contributed by atoms with Gasteiger partial charge >= 0.3 is 0 Å². The van der Waals surface area contributed by atoms with Crippen LogP contribution >= 0.6 is 11.6 Å². The van der Waals surface area contributed by atoms with Crippen molar-refractivity contribution in [1.82, 2.24) is 4.90 Å².